The average Bonchev–Trinajstić information content (AvgIpc) is 1.95. The number of halogens is 1. The molecule has 13 heavy (non-hydrogen) atoms. The van der Waals surface area contributed by atoms with E-state index in [1.165, 1.54) is 5.54 Å². The van der Waals surface area contributed by atoms with Crippen LogP contribution < -0.4 is 5.32 Å². The van der Waals surface area contributed by atoms with E-state index in [0.717, 1.165) is 6.42 Å². The molecule has 0 fully saturated rings. The standard InChI is InChI=1S/C10H20ClNO/c1-9(2)7-10(3,13)8-12-6-4-5-11/h4-5,9,12-13H,6-8H2,1-3H3/b5-4+. The molecule has 0 saturated heterocycles. The smallest absolute Gasteiger partial charge is 0.0746 e. The van der Waals surface area contributed by atoms with Gasteiger partial charge in [0.15, 0.2) is 0 Å². The highest BCUT2D eigenvalue weighted by Crippen LogP contribution is 2.14. The Hall–Kier alpha value is -0.0500. The molecule has 0 aliphatic heterocycles. The molecule has 1 unspecified atom stereocenters. The molecular weight excluding hydrogens is 186 g/mol. The highest BCUT2D eigenvalue weighted by Gasteiger charge is 2.20. The summed E-state index contributed by atoms with van der Waals surface area (Å²) in [5, 5.41) is 13.0. The first kappa shape index (κ1) is 12.9. The fourth-order valence-corrected chi connectivity index (χ4v) is 1.51. The van der Waals surface area contributed by atoms with Crippen molar-refractivity contribution < 1.29 is 5.11 Å². The minimum Gasteiger partial charge on any atom is -0.389 e. The van der Waals surface area contributed by atoms with Crippen LogP contribution in [0.2, 0.25) is 0 Å². The van der Waals surface area contributed by atoms with Crippen molar-refractivity contribution in [1.82, 2.24) is 5.32 Å². The third-order valence-electron chi connectivity index (χ3n) is 1.71. The Balaban J connectivity index is 3.62. The van der Waals surface area contributed by atoms with Crippen LogP contribution in [-0.4, -0.2) is 23.8 Å². The normalized spacial score (nSPS) is 16.8. The Bertz CT molecular complexity index is 155. The van der Waals surface area contributed by atoms with E-state index < -0.39 is 5.60 Å². The SMILES string of the molecule is CC(C)CC(C)(O)CNC/C=C/Cl. The second-order valence-electron chi connectivity index (χ2n) is 4.09. The van der Waals surface area contributed by atoms with Crippen molar-refractivity contribution >= 4 is 11.6 Å². The minimum atomic E-state index is -0.617. The predicted octanol–water partition coefficient (Wildman–Crippen LogP) is 2.13. The van der Waals surface area contributed by atoms with E-state index in [9.17, 15) is 5.11 Å². The molecule has 0 aromatic carbocycles. The van der Waals surface area contributed by atoms with E-state index in [4.69, 9.17) is 11.6 Å². The van der Waals surface area contributed by atoms with Gasteiger partial charge in [-0.25, -0.2) is 0 Å². The van der Waals surface area contributed by atoms with E-state index in [-0.39, 0.29) is 0 Å². The van der Waals surface area contributed by atoms with Crippen molar-refractivity contribution in [3.63, 3.8) is 0 Å². The maximum Gasteiger partial charge on any atom is 0.0746 e. The highest BCUT2D eigenvalue weighted by atomic mass is 35.5. The van der Waals surface area contributed by atoms with E-state index in [2.05, 4.69) is 19.2 Å². The first-order chi connectivity index (χ1) is 5.98. The summed E-state index contributed by atoms with van der Waals surface area (Å²) in [6.07, 6.45) is 2.62. The van der Waals surface area contributed by atoms with Crippen molar-refractivity contribution in [3.05, 3.63) is 11.6 Å². The molecule has 0 spiro atoms. The molecule has 0 heterocycles. The van der Waals surface area contributed by atoms with Gasteiger partial charge in [0, 0.05) is 18.6 Å². The maximum atomic E-state index is 9.86. The molecular formula is C10H20ClNO. The van der Waals surface area contributed by atoms with Crippen LogP contribution >= 0.6 is 11.6 Å². The van der Waals surface area contributed by atoms with Crippen LogP contribution in [0.5, 0.6) is 0 Å². The summed E-state index contributed by atoms with van der Waals surface area (Å²) >= 11 is 5.35. The second kappa shape index (κ2) is 6.41. The molecule has 0 bridgehead atoms. The summed E-state index contributed by atoms with van der Waals surface area (Å²) in [6.45, 7) is 7.37. The van der Waals surface area contributed by atoms with Crippen molar-refractivity contribution in [2.45, 2.75) is 32.8 Å². The van der Waals surface area contributed by atoms with Gasteiger partial charge in [0.2, 0.25) is 0 Å². The maximum absolute atomic E-state index is 9.86. The molecule has 0 saturated carbocycles. The number of hydrogen-bond donors (Lipinski definition) is 2. The van der Waals surface area contributed by atoms with E-state index in [0.29, 0.717) is 19.0 Å². The Morgan fingerprint density at radius 3 is 2.62 bits per heavy atom. The number of nitrogens with one attached hydrogen (secondary N) is 1. The van der Waals surface area contributed by atoms with Crippen LogP contribution in [0.15, 0.2) is 11.6 Å². The van der Waals surface area contributed by atoms with E-state index in [1.54, 1.807) is 0 Å². The first-order valence-corrected chi connectivity index (χ1v) is 5.10. The van der Waals surface area contributed by atoms with E-state index in [1.807, 2.05) is 13.0 Å². The quantitative estimate of drug-likeness (QED) is 0.652. The summed E-state index contributed by atoms with van der Waals surface area (Å²) in [7, 11) is 0. The van der Waals surface area contributed by atoms with Crippen molar-refractivity contribution in [2.24, 2.45) is 5.92 Å². The zero-order valence-electron chi connectivity index (χ0n) is 8.68. The van der Waals surface area contributed by atoms with Crippen LogP contribution in [0.4, 0.5) is 0 Å². The van der Waals surface area contributed by atoms with Crippen LogP contribution in [0.1, 0.15) is 27.2 Å². The molecule has 78 valence electrons. The molecule has 2 nitrogen and oxygen atoms in total. The van der Waals surface area contributed by atoms with Crippen LogP contribution in [0.25, 0.3) is 0 Å². The molecule has 0 amide bonds. The molecule has 0 aromatic heterocycles. The topological polar surface area (TPSA) is 32.3 Å². The average molecular weight is 206 g/mol. The van der Waals surface area contributed by atoms with Crippen molar-refractivity contribution in [1.29, 1.82) is 0 Å². The van der Waals surface area contributed by atoms with Gasteiger partial charge in [0.1, 0.15) is 0 Å². The fraction of sp³-hybridized carbons (Fsp3) is 0.800. The van der Waals surface area contributed by atoms with Gasteiger partial charge in [-0.05, 0) is 19.3 Å². The van der Waals surface area contributed by atoms with Gasteiger partial charge in [0.05, 0.1) is 5.60 Å². The predicted molar refractivity (Wildman–Crippen MR) is 57.9 cm³/mol. The van der Waals surface area contributed by atoms with Gasteiger partial charge in [-0.15, -0.1) is 0 Å². The van der Waals surface area contributed by atoms with Gasteiger partial charge in [0.25, 0.3) is 0 Å². The molecule has 1 atom stereocenters. The fourth-order valence-electron chi connectivity index (χ4n) is 1.42. The zero-order chi connectivity index (χ0) is 10.3. The Morgan fingerprint density at radius 1 is 1.54 bits per heavy atom. The first-order valence-electron chi connectivity index (χ1n) is 4.66. The van der Waals surface area contributed by atoms with Crippen LogP contribution in [-0.2, 0) is 0 Å². The number of hydrogen-bond acceptors (Lipinski definition) is 2. The van der Waals surface area contributed by atoms with Crippen LogP contribution in [0, 0.1) is 5.92 Å². The summed E-state index contributed by atoms with van der Waals surface area (Å²) in [6, 6.07) is 0. The summed E-state index contributed by atoms with van der Waals surface area (Å²) in [5.41, 5.74) is 0.860. The minimum absolute atomic E-state index is 0.514. The monoisotopic (exact) mass is 205 g/mol. The lowest BCUT2D eigenvalue weighted by atomic mass is 9.94. The van der Waals surface area contributed by atoms with E-state index >= 15 is 0 Å². The Labute approximate surface area is 86.0 Å². The molecule has 0 rings (SSSR count). The summed E-state index contributed by atoms with van der Waals surface area (Å²) in [4.78, 5) is 0. The third kappa shape index (κ3) is 8.28. The molecule has 0 aromatic rings. The molecule has 0 aliphatic carbocycles. The molecule has 0 aliphatic rings. The van der Waals surface area contributed by atoms with Gasteiger partial charge >= 0.3 is 0 Å². The Morgan fingerprint density at radius 2 is 2.15 bits per heavy atom. The lowest BCUT2D eigenvalue weighted by molar-refractivity contribution is 0.0396. The summed E-state index contributed by atoms with van der Waals surface area (Å²) in [5.74, 6) is 0.514. The molecule has 3 heteroatoms. The molecule has 2 N–H and O–H groups in total. The largest absolute Gasteiger partial charge is 0.389 e. The number of rotatable bonds is 6. The second-order valence-corrected chi connectivity index (χ2v) is 4.34. The molecule has 0 radical (unpaired) electrons. The van der Waals surface area contributed by atoms with Crippen molar-refractivity contribution in [3.8, 4) is 0 Å². The van der Waals surface area contributed by atoms with Gasteiger partial charge in [-0.1, -0.05) is 31.5 Å². The van der Waals surface area contributed by atoms with Crippen LogP contribution in [0.3, 0.4) is 0 Å². The van der Waals surface area contributed by atoms with Gasteiger partial charge < -0.3 is 10.4 Å². The number of aliphatic hydroxyl groups is 1. The lowest BCUT2D eigenvalue weighted by Crippen LogP contribution is -2.38. The van der Waals surface area contributed by atoms with Gasteiger partial charge in [-0.3, -0.25) is 0 Å². The zero-order valence-corrected chi connectivity index (χ0v) is 9.43. The van der Waals surface area contributed by atoms with Crippen molar-refractivity contribution in [2.75, 3.05) is 13.1 Å². The highest BCUT2D eigenvalue weighted by molar-refractivity contribution is 6.25. The van der Waals surface area contributed by atoms with Gasteiger partial charge in [-0.2, -0.15) is 0 Å². The third-order valence-corrected chi connectivity index (χ3v) is 1.88. The lowest BCUT2D eigenvalue weighted by Gasteiger charge is -2.25. The Kier molecular flexibility index (Phi) is 6.39. The summed E-state index contributed by atoms with van der Waals surface area (Å²) < 4.78 is 0.